The zero-order valence-electron chi connectivity index (χ0n) is 14.0. The van der Waals surface area contributed by atoms with Gasteiger partial charge < -0.3 is 19.3 Å². The van der Waals surface area contributed by atoms with E-state index in [1.807, 2.05) is 0 Å². The molecule has 2 aromatic rings. The highest BCUT2D eigenvalue weighted by atomic mass is 32.2. The number of amides is 1. The second kappa shape index (κ2) is 6.29. The summed E-state index contributed by atoms with van der Waals surface area (Å²) in [6.07, 6.45) is 1.03. The molecule has 0 aliphatic carbocycles. The van der Waals surface area contributed by atoms with Crippen LogP contribution < -0.4 is 14.8 Å². The molecular weight excluding hydrogens is 362 g/mol. The Hall–Kier alpha value is -2.59. The van der Waals surface area contributed by atoms with Crippen LogP contribution in [0, 0.1) is 6.92 Å². The third-order valence-corrected chi connectivity index (χ3v) is 6.24. The van der Waals surface area contributed by atoms with E-state index in [4.69, 9.17) is 14.0 Å². The minimum atomic E-state index is -3.85. The van der Waals surface area contributed by atoms with Crippen LogP contribution in [0.2, 0.25) is 0 Å². The van der Waals surface area contributed by atoms with Gasteiger partial charge in [-0.1, -0.05) is 5.16 Å². The molecule has 0 unspecified atom stereocenters. The Balaban J connectivity index is 1.57. The van der Waals surface area contributed by atoms with Crippen LogP contribution in [0.4, 0.5) is 5.82 Å². The number of aromatic nitrogens is 1. The number of nitrogens with zero attached hydrogens (tertiary/aromatic N) is 2. The average molecular weight is 379 g/mol. The lowest BCUT2D eigenvalue weighted by atomic mass is 10.2. The number of nitrogens with one attached hydrogen (secondary N) is 1. The van der Waals surface area contributed by atoms with Gasteiger partial charge in [0.25, 0.3) is 0 Å². The van der Waals surface area contributed by atoms with Crippen molar-refractivity contribution in [3.05, 3.63) is 30.0 Å². The predicted octanol–water partition coefficient (Wildman–Crippen LogP) is 1.50. The van der Waals surface area contributed by atoms with Crippen molar-refractivity contribution in [3.63, 3.8) is 0 Å². The molecule has 0 bridgehead atoms. The highest BCUT2D eigenvalue weighted by molar-refractivity contribution is 7.89. The van der Waals surface area contributed by atoms with Crippen molar-refractivity contribution in [2.24, 2.45) is 0 Å². The summed E-state index contributed by atoms with van der Waals surface area (Å²) in [6, 6.07) is 5.20. The summed E-state index contributed by atoms with van der Waals surface area (Å²) >= 11 is 0. The number of carbonyl (C=O) groups is 1. The summed E-state index contributed by atoms with van der Waals surface area (Å²) < 4.78 is 42.6. The van der Waals surface area contributed by atoms with Crippen LogP contribution >= 0.6 is 0 Å². The smallest absolute Gasteiger partial charge is 0.244 e. The topological polar surface area (TPSA) is 111 Å². The molecule has 1 saturated heterocycles. The molecule has 0 radical (unpaired) electrons. The fourth-order valence-electron chi connectivity index (χ4n) is 3.10. The second-order valence-electron chi connectivity index (χ2n) is 6.10. The third kappa shape index (κ3) is 2.90. The van der Waals surface area contributed by atoms with Gasteiger partial charge in [0.2, 0.25) is 22.7 Å². The fourth-order valence-corrected chi connectivity index (χ4v) is 4.77. The van der Waals surface area contributed by atoms with Crippen molar-refractivity contribution in [2.75, 3.05) is 18.7 Å². The quantitative estimate of drug-likeness (QED) is 0.857. The van der Waals surface area contributed by atoms with E-state index in [9.17, 15) is 13.2 Å². The third-order valence-electron chi connectivity index (χ3n) is 4.34. The summed E-state index contributed by atoms with van der Waals surface area (Å²) in [5, 5.41) is 6.31. The van der Waals surface area contributed by atoms with Gasteiger partial charge in [-0.3, -0.25) is 4.79 Å². The van der Waals surface area contributed by atoms with Crippen molar-refractivity contribution in [2.45, 2.75) is 30.7 Å². The number of hydrogen-bond donors (Lipinski definition) is 1. The normalized spacial score (nSPS) is 19.7. The molecule has 0 spiro atoms. The van der Waals surface area contributed by atoms with E-state index < -0.39 is 22.0 Å². The maximum absolute atomic E-state index is 13.0. The lowest BCUT2D eigenvalue weighted by molar-refractivity contribution is -0.119. The number of sulfonamides is 1. The molecular formula is C16H17N3O6S. The van der Waals surface area contributed by atoms with E-state index in [0.717, 1.165) is 0 Å². The molecule has 26 heavy (non-hydrogen) atoms. The first-order valence-corrected chi connectivity index (χ1v) is 9.55. The van der Waals surface area contributed by atoms with E-state index in [0.29, 0.717) is 30.1 Å². The van der Waals surface area contributed by atoms with Crippen LogP contribution in [-0.4, -0.2) is 43.2 Å². The Bertz CT molecular complexity index is 955. The van der Waals surface area contributed by atoms with Gasteiger partial charge in [0.1, 0.15) is 11.8 Å². The Kier molecular flexibility index (Phi) is 4.08. The largest absolute Gasteiger partial charge is 0.454 e. The van der Waals surface area contributed by atoms with Gasteiger partial charge in [0.05, 0.1) is 4.90 Å². The van der Waals surface area contributed by atoms with Gasteiger partial charge in [-0.2, -0.15) is 4.31 Å². The summed E-state index contributed by atoms with van der Waals surface area (Å²) in [5.74, 6) is 1.27. The number of benzene rings is 1. The van der Waals surface area contributed by atoms with Crippen molar-refractivity contribution in [1.82, 2.24) is 9.46 Å². The molecule has 1 aromatic heterocycles. The van der Waals surface area contributed by atoms with E-state index in [-0.39, 0.29) is 24.1 Å². The molecule has 1 aromatic carbocycles. The summed E-state index contributed by atoms with van der Waals surface area (Å²) in [4.78, 5) is 12.6. The maximum Gasteiger partial charge on any atom is 0.244 e. The maximum atomic E-state index is 13.0. The molecule has 9 nitrogen and oxygen atoms in total. The lowest BCUT2D eigenvalue weighted by Gasteiger charge is -2.23. The highest BCUT2D eigenvalue weighted by Crippen LogP contribution is 2.36. The number of rotatable bonds is 4. The second-order valence-corrected chi connectivity index (χ2v) is 7.99. The van der Waals surface area contributed by atoms with Gasteiger partial charge in [0.15, 0.2) is 17.3 Å². The molecule has 1 fully saturated rings. The van der Waals surface area contributed by atoms with E-state index in [1.165, 1.54) is 16.4 Å². The molecule has 2 aliphatic rings. The lowest BCUT2D eigenvalue weighted by Crippen LogP contribution is -2.43. The first-order valence-electron chi connectivity index (χ1n) is 8.11. The Morgan fingerprint density at radius 3 is 2.85 bits per heavy atom. The monoisotopic (exact) mass is 379 g/mol. The number of ether oxygens (including phenoxy) is 2. The van der Waals surface area contributed by atoms with Crippen molar-refractivity contribution in [1.29, 1.82) is 0 Å². The summed E-state index contributed by atoms with van der Waals surface area (Å²) in [5.41, 5.74) is 0. The minimum absolute atomic E-state index is 0.0602. The number of fused-ring (bicyclic) bond motifs is 1. The average Bonchev–Trinajstić information content (AvgIpc) is 3.34. The molecule has 1 N–H and O–H groups in total. The molecule has 138 valence electrons. The van der Waals surface area contributed by atoms with E-state index >= 15 is 0 Å². The molecule has 1 amide bonds. The van der Waals surface area contributed by atoms with Crippen LogP contribution in [0.1, 0.15) is 18.6 Å². The molecule has 1 atom stereocenters. The van der Waals surface area contributed by atoms with Gasteiger partial charge in [-0.05, 0) is 31.9 Å². The fraction of sp³-hybridized carbons (Fsp3) is 0.375. The zero-order chi connectivity index (χ0) is 18.3. The summed E-state index contributed by atoms with van der Waals surface area (Å²) in [6.45, 7) is 2.03. The molecule has 10 heteroatoms. The molecule has 0 saturated carbocycles. The number of aryl methyl sites for hydroxylation is 1. The van der Waals surface area contributed by atoms with Gasteiger partial charge in [-0.15, -0.1) is 0 Å². The Morgan fingerprint density at radius 2 is 2.08 bits per heavy atom. The predicted molar refractivity (Wildman–Crippen MR) is 89.3 cm³/mol. The van der Waals surface area contributed by atoms with Crippen molar-refractivity contribution < 1.29 is 27.2 Å². The van der Waals surface area contributed by atoms with Crippen LogP contribution in [0.3, 0.4) is 0 Å². The van der Waals surface area contributed by atoms with Crippen molar-refractivity contribution in [3.8, 4) is 11.5 Å². The van der Waals surface area contributed by atoms with Gasteiger partial charge in [0, 0.05) is 18.7 Å². The van der Waals surface area contributed by atoms with E-state index in [1.54, 1.807) is 19.1 Å². The van der Waals surface area contributed by atoms with Crippen LogP contribution in [-0.2, 0) is 14.8 Å². The van der Waals surface area contributed by atoms with Crippen LogP contribution in [0.15, 0.2) is 33.7 Å². The standard InChI is InChI=1S/C16H17N3O6S/c1-10-7-15(18-25-10)17-16(20)12-3-2-6-19(12)26(21,22)11-4-5-13-14(8-11)24-9-23-13/h4-5,7-8,12H,2-3,6,9H2,1H3,(H,17,18,20)/t12-/m0/s1. The van der Waals surface area contributed by atoms with Gasteiger partial charge in [-0.25, -0.2) is 8.42 Å². The SMILES string of the molecule is Cc1cc(NC(=O)[C@@H]2CCCN2S(=O)(=O)c2ccc3c(c2)OCO3)no1. The Labute approximate surface area is 149 Å². The minimum Gasteiger partial charge on any atom is -0.454 e. The van der Waals surface area contributed by atoms with Gasteiger partial charge >= 0.3 is 0 Å². The highest BCUT2D eigenvalue weighted by Gasteiger charge is 2.40. The van der Waals surface area contributed by atoms with Crippen LogP contribution in [0.25, 0.3) is 0 Å². The molecule has 2 aliphatic heterocycles. The van der Waals surface area contributed by atoms with Crippen molar-refractivity contribution >= 4 is 21.7 Å². The first kappa shape index (κ1) is 16.9. The summed E-state index contributed by atoms with van der Waals surface area (Å²) in [7, 11) is -3.85. The molecule has 4 rings (SSSR count). The molecule has 3 heterocycles. The first-order chi connectivity index (χ1) is 12.4. The van der Waals surface area contributed by atoms with Crippen LogP contribution in [0.5, 0.6) is 11.5 Å². The number of hydrogen-bond acceptors (Lipinski definition) is 7. The number of carbonyl (C=O) groups excluding carboxylic acids is 1. The Morgan fingerprint density at radius 1 is 1.27 bits per heavy atom. The zero-order valence-corrected chi connectivity index (χ0v) is 14.8. The van der Waals surface area contributed by atoms with E-state index in [2.05, 4.69) is 10.5 Å². The number of anilines is 1.